The predicted octanol–water partition coefficient (Wildman–Crippen LogP) is 3.93. The summed E-state index contributed by atoms with van der Waals surface area (Å²) in [6, 6.07) is 9.19. The number of nitrogens with zero attached hydrogens (tertiary/aromatic N) is 3. The third-order valence-electron chi connectivity index (χ3n) is 4.42. The molecule has 2 aromatic heterocycles. The molecule has 134 valence electrons. The van der Waals surface area contributed by atoms with Crippen LogP contribution in [0, 0.1) is 6.92 Å². The summed E-state index contributed by atoms with van der Waals surface area (Å²) in [5, 5.41) is 4.04. The van der Waals surface area contributed by atoms with Gasteiger partial charge in [-0.2, -0.15) is 4.98 Å². The molecule has 0 spiro atoms. The van der Waals surface area contributed by atoms with Crippen LogP contribution in [0.25, 0.3) is 11.7 Å². The van der Waals surface area contributed by atoms with Gasteiger partial charge in [0.2, 0.25) is 5.91 Å². The molecule has 1 unspecified atom stereocenters. The van der Waals surface area contributed by atoms with E-state index in [1.807, 2.05) is 25.1 Å². The minimum absolute atomic E-state index is 0.0263. The number of halogens is 1. The van der Waals surface area contributed by atoms with E-state index in [1.54, 1.807) is 24.1 Å². The summed E-state index contributed by atoms with van der Waals surface area (Å²) in [7, 11) is 1.61. The van der Waals surface area contributed by atoms with Gasteiger partial charge < -0.3 is 18.6 Å². The van der Waals surface area contributed by atoms with Crippen molar-refractivity contribution in [1.29, 1.82) is 0 Å². The Hall–Kier alpha value is -2.61. The van der Waals surface area contributed by atoms with Crippen LogP contribution in [0.3, 0.4) is 0 Å². The second kappa shape index (κ2) is 6.60. The molecule has 1 amide bonds. The van der Waals surface area contributed by atoms with Gasteiger partial charge in [-0.3, -0.25) is 4.79 Å². The normalized spacial score (nSPS) is 17.1. The fourth-order valence-corrected chi connectivity index (χ4v) is 3.36. The Morgan fingerprint density at radius 1 is 1.31 bits per heavy atom. The van der Waals surface area contributed by atoms with Crippen LogP contribution in [0.15, 0.2) is 43.9 Å². The second-order valence-electron chi connectivity index (χ2n) is 6.12. The predicted molar refractivity (Wildman–Crippen MR) is 97.1 cm³/mol. The van der Waals surface area contributed by atoms with Gasteiger partial charge in [-0.25, -0.2) is 0 Å². The Morgan fingerprint density at radius 3 is 2.88 bits per heavy atom. The van der Waals surface area contributed by atoms with Crippen LogP contribution in [0.4, 0.5) is 5.69 Å². The molecule has 0 bridgehead atoms. The molecule has 0 aliphatic carbocycles. The summed E-state index contributed by atoms with van der Waals surface area (Å²) in [4.78, 5) is 18.7. The maximum Gasteiger partial charge on any atom is 0.293 e. The Labute approximate surface area is 158 Å². The van der Waals surface area contributed by atoms with E-state index in [0.717, 1.165) is 11.3 Å². The van der Waals surface area contributed by atoms with Crippen molar-refractivity contribution in [3.63, 3.8) is 0 Å². The van der Waals surface area contributed by atoms with Crippen molar-refractivity contribution in [2.24, 2.45) is 0 Å². The van der Waals surface area contributed by atoms with Crippen molar-refractivity contribution in [1.82, 2.24) is 10.1 Å². The summed E-state index contributed by atoms with van der Waals surface area (Å²) in [5.74, 6) is 1.90. The monoisotopic (exact) mass is 417 g/mol. The van der Waals surface area contributed by atoms with Crippen molar-refractivity contribution >= 4 is 27.5 Å². The van der Waals surface area contributed by atoms with Gasteiger partial charge in [0.05, 0.1) is 12.8 Å². The molecule has 0 saturated carbocycles. The Kier molecular flexibility index (Phi) is 4.28. The number of carbonyl (C=O) groups excluding carboxylic acids is 1. The first-order valence-electron chi connectivity index (χ1n) is 8.09. The summed E-state index contributed by atoms with van der Waals surface area (Å²) in [5.41, 5.74) is 1.85. The molecule has 0 N–H and O–H groups in total. The second-order valence-corrected chi connectivity index (χ2v) is 6.90. The zero-order valence-corrected chi connectivity index (χ0v) is 15.8. The summed E-state index contributed by atoms with van der Waals surface area (Å²) in [6.07, 6.45) is 0.331. The molecule has 1 aliphatic heterocycles. The third-order valence-corrected chi connectivity index (χ3v) is 4.85. The lowest BCUT2D eigenvalue weighted by molar-refractivity contribution is -0.117. The summed E-state index contributed by atoms with van der Waals surface area (Å²) < 4.78 is 16.6. The first-order valence-corrected chi connectivity index (χ1v) is 8.89. The van der Waals surface area contributed by atoms with Crippen molar-refractivity contribution in [3.8, 4) is 17.4 Å². The number of furan rings is 1. The smallest absolute Gasteiger partial charge is 0.293 e. The van der Waals surface area contributed by atoms with Gasteiger partial charge in [-0.05, 0) is 46.6 Å². The molecule has 0 radical (unpaired) electrons. The number of amides is 1. The lowest BCUT2D eigenvalue weighted by atomic mass is 10.1. The van der Waals surface area contributed by atoms with Crippen molar-refractivity contribution in [2.45, 2.75) is 19.3 Å². The molecule has 1 fully saturated rings. The Balaban J connectivity index is 1.58. The zero-order chi connectivity index (χ0) is 18.3. The van der Waals surface area contributed by atoms with Crippen molar-refractivity contribution < 1.29 is 18.5 Å². The van der Waals surface area contributed by atoms with E-state index in [2.05, 4.69) is 26.1 Å². The van der Waals surface area contributed by atoms with Crippen molar-refractivity contribution in [3.05, 3.63) is 46.4 Å². The highest BCUT2D eigenvalue weighted by Gasteiger charge is 2.35. The zero-order valence-electron chi connectivity index (χ0n) is 14.2. The number of aromatic nitrogens is 2. The van der Waals surface area contributed by atoms with E-state index in [4.69, 9.17) is 13.7 Å². The molecular weight excluding hydrogens is 402 g/mol. The van der Waals surface area contributed by atoms with E-state index < -0.39 is 0 Å². The molecule has 1 atom stereocenters. The van der Waals surface area contributed by atoms with Gasteiger partial charge in [0.1, 0.15) is 5.75 Å². The molecule has 8 heteroatoms. The minimum Gasteiger partial charge on any atom is -0.497 e. The maximum atomic E-state index is 12.6. The van der Waals surface area contributed by atoms with E-state index in [-0.39, 0.29) is 11.8 Å². The van der Waals surface area contributed by atoms with Crippen LogP contribution in [0.2, 0.25) is 0 Å². The average molecular weight is 418 g/mol. The highest BCUT2D eigenvalue weighted by Crippen LogP contribution is 2.35. The van der Waals surface area contributed by atoms with Crippen LogP contribution in [0.5, 0.6) is 5.75 Å². The third kappa shape index (κ3) is 3.01. The molecule has 4 rings (SSSR count). The molecule has 1 aromatic carbocycles. The quantitative estimate of drug-likeness (QED) is 0.639. The van der Waals surface area contributed by atoms with Gasteiger partial charge >= 0.3 is 0 Å². The molecule has 26 heavy (non-hydrogen) atoms. The first kappa shape index (κ1) is 16.8. The number of hydrogen-bond donors (Lipinski definition) is 0. The minimum atomic E-state index is -0.135. The number of benzene rings is 1. The molecule has 1 aliphatic rings. The van der Waals surface area contributed by atoms with Crippen molar-refractivity contribution in [2.75, 3.05) is 18.6 Å². The van der Waals surface area contributed by atoms with Gasteiger partial charge in [0, 0.05) is 24.9 Å². The lowest BCUT2D eigenvalue weighted by Gasteiger charge is -2.19. The van der Waals surface area contributed by atoms with E-state index in [1.165, 1.54) is 0 Å². The van der Waals surface area contributed by atoms with E-state index in [9.17, 15) is 4.79 Å². The molecule has 3 aromatic rings. The molecule has 7 nitrogen and oxygen atoms in total. The maximum absolute atomic E-state index is 12.6. The number of ether oxygens (including phenoxy) is 1. The van der Waals surface area contributed by atoms with Gasteiger partial charge in [-0.1, -0.05) is 11.2 Å². The number of carbonyl (C=O) groups is 1. The number of anilines is 1. The Morgan fingerprint density at radius 2 is 2.15 bits per heavy atom. The van der Waals surface area contributed by atoms with Gasteiger partial charge in [0.15, 0.2) is 16.3 Å². The number of aryl methyl sites for hydroxylation is 1. The topological polar surface area (TPSA) is 81.6 Å². The SMILES string of the molecule is COc1ccc(C)c(N2CC(c3noc(-c4ccc(Br)o4)n3)CC2=O)c1. The summed E-state index contributed by atoms with van der Waals surface area (Å²) >= 11 is 3.24. The van der Waals surface area contributed by atoms with E-state index in [0.29, 0.717) is 40.9 Å². The van der Waals surface area contributed by atoms with Crippen LogP contribution in [-0.4, -0.2) is 29.7 Å². The molecule has 1 saturated heterocycles. The van der Waals surface area contributed by atoms with E-state index >= 15 is 0 Å². The molecule has 3 heterocycles. The standard InChI is InChI=1S/C18H16BrN3O4/c1-10-3-4-12(24-2)8-13(10)22-9-11(7-16(22)23)17-20-18(26-21-17)14-5-6-15(19)25-14/h3-6,8,11H,7,9H2,1-2H3. The fourth-order valence-electron chi connectivity index (χ4n) is 3.05. The fraction of sp³-hybridized carbons (Fsp3) is 0.278. The number of methoxy groups -OCH3 is 1. The van der Waals surface area contributed by atoms with Crippen LogP contribution in [0.1, 0.15) is 23.7 Å². The number of rotatable bonds is 4. The van der Waals surface area contributed by atoms with Gasteiger partial charge in [-0.15, -0.1) is 0 Å². The highest BCUT2D eigenvalue weighted by atomic mass is 79.9. The average Bonchev–Trinajstić information content (AvgIpc) is 3.35. The van der Waals surface area contributed by atoms with Crippen LogP contribution in [-0.2, 0) is 4.79 Å². The largest absolute Gasteiger partial charge is 0.497 e. The van der Waals surface area contributed by atoms with Crippen LogP contribution >= 0.6 is 15.9 Å². The van der Waals surface area contributed by atoms with Crippen LogP contribution < -0.4 is 9.64 Å². The van der Waals surface area contributed by atoms with Gasteiger partial charge in [0.25, 0.3) is 5.89 Å². The molecular formula is C18H16BrN3O4. The number of hydrogen-bond acceptors (Lipinski definition) is 6. The summed E-state index contributed by atoms with van der Waals surface area (Å²) in [6.45, 7) is 2.46. The first-order chi connectivity index (χ1) is 12.5. The Bertz CT molecular complexity index is 965. The highest BCUT2D eigenvalue weighted by molar-refractivity contribution is 9.10. The lowest BCUT2D eigenvalue weighted by Crippen LogP contribution is -2.25.